The summed E-state index contributed by atoms with van der Waals surface area (Å²) < 4.78 is 55.5. The molecular weight excluding hydrogens is 332 g/mol. The average molecular weight is 359 g/mol. The van der Waals surface area contributed by atoms with Crippen molar-refractivity contribution in [2.75, 3.05) is 0 Å². The second-order valence-corrected chi connectivity index (χ2v) is 6.80. The summed E-state index contributed by atoms with van der Waals surface area (Å²) in [6.07, 6.45) is 3.06. The maximum atomic E-state index is 8.00. The van der Waals surface area contributed by atoms with Gasteiger partial charge < -0.3 is 4.42 Å². The van der Waals surface area contributed by atoms with Crippen molar-refractivity contribution < 1.29 is 17.2 Å². The number of rotatable bonds is 1. The first kappa shape index (κ1) is 10.8. The Morgan fingerprint density at radius 3 is 2.59 bits per heavy atom. The number of fused-ring (bicyclic) bond motifs is 5. The molecule has 2 aromatic carbocycles. The van der Waals surface area contributed by atoms with E-state index in [-0.39, 0.29) is 11.1 Å². The number of hydrogen-bond donors (Lipinski definition) is 0. The Labute approximate surface area is 166 Å². The van der Waals surface area contributed by atoms with Crippen molar-refractivity contribution in [3.63, 3.8) is 0 Å². The van der Waals surface area contributed by atoms with E-state index in [1.165, 1.54) is 12.3 Å². The molecule has 3 aromatic heterocycles. The van der Waals surface area contributed by atoms with E-state index < -0.39 is 13.7 Å². The smallest absolute Gasteiger partial charge is 0.227 e. The first-order valence-electron chi connectivity index (χ1n) is 11.7. The molecule has 5 aromatic rings. The topological polar surface area (TPSA) is 29.9 Å². The fraction of sp³-hybridized carbons (Fsp3) is 0.167. The maximum Gasteiger partial charge on any atom is 0.227 e. The zero-order valence-corrected chi connectivity index (χ0v) is 15.0. The van der Waals surface area contributed by atoms with E-state index in [2.05, 4.69) is 4.98 Å². The van der Waals surface area contributed by atoms with Crippen LogP contribution >= 0.6 is 0 Å². The molecule has 3 nitrogen and oxygen atoms in total. The number of hydrogen-bond acceptors (Lipinski definition) is 2. The molecule has 27 heavy (non-hydrogen) atoms. The summed E-state index contributed by atoms with van der Waals surface area (Å²) in [5.74, 6) is 0. The molecule has 0 aliphatic rings. The summed E-state index contributed by atoms with van der Waals surface area (Å²) in [5, 5.41) is 3.77. The molecule has 0 amide bonds. The van der Waals surface area contributed by atoms with Crippen molar-refractivity contribution in [1.29, 1.82) is 0 Å². The van der Waals surface area contributed by atoms with Crippen LogP contribution in [-0.2, 0) is 7.05 Å². The molecule has 132 valence electrons. The van der Waals surface area contributed by atoms with Crippen LogP contribution in [-0.4, -0.2) is 4.98 Å². The van der Waals surface area contributed by atoms with Crippen molar-refractivity contribution >= 4 is 32.8 Å². The van der Waals surface area contributed by atoms with Crippen LogP contribution < -0.4 is 4.57 Å². The number of furan rings is 1. The lowest BCUT2D eigenvalue weighted by molar-refractivity contribution is -0.660. The molecule has 0 aliphatic heterocycles. The van der Waals surface area contributed by atoms with Gasteiger partial charge in [0.2, 0.25) is 11.4 Å². The summed E-state index contributed by atoms with van der Waals surface area (Å²) >= 11 is 0. The maximum absolute atomic E-state index is 8.00. The molecule has 0 atom stereocenters. The van der Waals surface area contributed by atoms with Crippen molar-refractivity contribution in [1.82, 2.24) is 4.98 Å². The summed E-state index contributed by atoms with van der Waals surface area (Å²) in [5.41, 5.74) is 2.88. The Balaban J connectivity index is 1.98. The molecule has 0 radical (unpaired) electrons. The van der Waals surface area contributed by atoms with Crippen molar-refractivity contribution in [3.05, 3.63) is 71.5 Å². The fourth-order valence-electron chi connectivity index (χ4n) is 3.91. The molecule has 0 aliphatic carbocycles. The lowest BCUT2D eigenvalue weighted by Gasteiger charge is -2.11. The fourth-order valence-corrected chi connectivity index (χ4v) is 3.91. The summed E-state index contributed by atoms with van der Waals surface area (Å²) in [6.45, 7) is -3.19. The van der Waals surface area contributed by atoms with Crippen LogP contribution in [0.4, 0.5) is 0 Å². The molecule has 0 bridgehead atoms. The summed E-state index contributed by atoms with van der Waals surface area (Å²) in [6, 6.07) is 13.2. The molecule has 0 fully saturated rings. The standard InChI is InChI=1S/C24H21N2O/c1-14-12-20(26(4)13-15(14)2)21-16(3)17-8-5-6-9-18(17)22-19-10-7-11-25-24(19)27-23(21)22/h5-13H,1-4H3/q+1/i1D3,2D3. The van der Waals surface area contributed by atoms with Gasteiger partial charge in [0.25, 0.3) is 0 Å². The highest BCUT2D eigenvalue weighted by molar-refractivity contribution is 6.22. The van der Waals surface area contributed by atoms with E-state index in [9.17, 15) is 0 Å². The van der Waals surface area contributed by atoms with Gasteiger partial charge in [-0.05, 0) is 54.7 Å². The first-order valence-corrected chi connectivity index (χ1v) is 8.72. The van der Waals surface area contributed by atoms with Gasteiger partial charge in [-0.1, -0.05) is 24.3 Å². The molecule has 3 heterocycles. The number of pyridine rings is 2. The van der Waals surface area contributed by atoms with Crippen LogP contribution in [0.5, 0.6) is 0 Å². The Kier molecular flexibility index (Phi) is 2.27. The number of aromatic nitrogens is 2. The van der Waals surface area contributed by atoms with Crippen LogP contribution in [0.1, 0.15) is 24.9 Å². The van der Waals surface area contributed by atoms with Gasteiger partial charge in [0.15, 0.2) is 11.8 Å². The van der Waals surface area contributed by atoms with Gasteiger partial charge in [0.1, 0.15) is 7.05 Å². The first-order chi connectivity index (χ1) is 15.5. The van der Waals surface area contributed by atoms with Crippen LogP contribution in [0.3, 0.4) is 0 Å². The zero-order valence-electron chi connectivity index (χ0n) is 21.0. The zero-order chi connectivity index (χ0) is 23.7. The number of nitrogens with zero attached hydrogens (tertiary/aromatic N) is 2. The molecule has 0 spiro atoms. The highest BCUT2D eigenvalue weighted by Crippen LogP contribution is 2.42. The Bertz CT molecular complexity index is 1560. The Hall–Kier alpha value is -3.20. The molecule has 5 rings (SSSR count). The van der Waals surface area contributed by atoms with Crippen LogP contribution in [0.15, 0.2) is 59.3 Å². The van der Waals surface area contributed by atoms with Gasteiger partial charge >= 0.3 is 0 Å². The van der Waals surface area contributed by atoms with E-state index in [1.54, 1.807) is 17.8 Å². The second-order valence-electron chi connectivity index (χ2n) is 6.80. The molecule has 0 saturated heterocycles. The van der Waals surface area contributed by atoms with E-state index in [4.69, 9.17) is 12.6 Å². The van der Waals surface area contributed by atoms with Crippen LogP contribution in [0.2, 0.25) is 0 Å². The minimum atomic E-state index is -2.59. The lowest BCUT2D eigenvalue weighted by Crippen LogP contribution is -2.31. The SMILES string of the molecule is [2H]C([2H])([2H])c1cc(-c2c(C)c3ccccc3c3c2oc2ncccc23)[n+](C)cc1C([2H])([2H])[2H]. The van der Waals surface area contributed by atoms with E-state index in [1.807, 2.05) is 43.3 Å². The van der Waals surface area contributed by atoms with Gasteiger partial charge in [-0.15, -0.1) is 0 Å². The molecular formula is C24H21N2O+. The second kappa shape index (κ2) is 5.65. The van der Waals surface area contributed by atoms with E-state index >= 15 is 0 Å². The minimum Gasteiger partial charge on any atom is -0.437 e. The summed E-state index contributed by atoms with van der Waals surface area (Å²) in [7, 11) is 1.72. The van der Waals surface area contributed by atoms with E-state index in [0.717, 1.165) is 27.1 Å². The van der Waals surface area contributed by atoms with Crippen molar-refractivity contribution in [2.24, 2.45) is 7.05 Å². The monoisotopic (exact) mass is 359 g/mol. The van der Waals surface area contributed by atoms with Gasteiger partial charge in [0.05, 0.1) is 5.56 Å². The molecule has 3 heteroatoms. The minimum absolute atomic E-state index is 0.185. The average Bonchev–Trinajstić information content (AvgIpc) is 3.12. The predicted octanol–water partition coefficient (Wildman–Crippen LogP) is 5.55. The highest BCUT2D eigenvalue weighted by Gasteiger charge is 2.24. The number of aryl methyl sites for hydroxylation is 4. The molecule has 0 unspecified atom stereocenters. The van der Waals surface area contributed by atoms with Crippen molar-refractivity contribution in [2.45, 2.75) is 20.6 Å². The van der Waals surface area contributed by atoms with Gasteiger partial charge in [-0.2, -0.15) is 0 Å². The largest absolute Gasteiger partial charge is 0.437 e. The summed E-state index contributed by atoms with van der Waals surface area (Å²) in [4.78, 5) is 4.38. The van der Waals surface area contributed by atoms with E-state index in [0.29, 0.717) is 22.6 Å². The quantitative estimate of drug-likeness (QED) is 0.367. The predicted molar refractivity (Wildman–Crippen MR) is 110 cm³/mol. The normalized spacial score (nSPS) is 15.9. The number of benzene rings is 2. The molecule has 0 N–H and O–H groups in total. The lowest BCUT2D eigenvalue weighted by atomic mass is 9.93. The third-order valence-electron chi connectivity index (χ3n) is 5.20. The highest BCUT2D eigenvalue weighted by atomic mass is 16.3. The van der Waals surface area contributed by atoms with Gasteiger partial charge in [0, 0.05) is 36.8 Å². The van der Waals surface area contributed by atoms with Crippen LogP contribution in [0, 0.1) is 20.6 Å². The third kappa shape index (κ3) is 2.21. The van der Waals surface area contributed by atoms with Gasteiger partial charge in [-0.3, -0.25) is 0 Å². The van der Waals surface area contributed by atoms with Crippen molar-refractivity contribution in [3.8, 4) is 11.3 Å². The molecule has 0 saturated carbocycles. The third-order valence-corrected chi connectivity index (χ3v) is 5.20. The van der Waals surface area contributed by atoms with Gasteiger partial charge in [-0.25, -0.2) is 9.55 Å². The Morgan fingerprint density at radius 2 is 1.78 bits per heavy atom. The Morgan fingerprint density at radius 1 is 1.00 bits per heavy atom. The van der Waals surface area contributed by atoms with Crippen LogP contribution in [0.25, 0.3) is 44.1 Å².